The summed E-state index contributed by atoms with van der Waals surface area (Å²) in [5, 5.41) is 1.11. The maximum atomic E-state index is 12.4. The Bertz CT molecular complexity index is 739. The second-order valence-electron chi connectivity index (χ2n) is 5.58. The number of halogens is 2. The lowest BCUT2D eigenvalue weighted by Gasteiger charge is -2.13. The normalized spacial score (nSPS) is 12.2. The van der Waals surface area contributed by atoms with Crippen LogP contribution in [0.1, 0.15) is 5.56 Å². The van der Waals surface area contributed by atoms with Crippen LogP contribution in [0.15, 0.2) is 41.3 Å². The van der Waals surface area contributed by atoms with Crippen LogP contribution in [0.4, 0.5) is 5.69 Å². The quantitative estimate of drug-likeness (QED) is 0.767. The zero-order chi connectivity index (χ0) is 17.7. The molecule has 1 unspecified atom stereocenters. The van der Waals surface area contributed by atoms with Crippen LogP contribution >= 0.6 is 23.2 Å². The molecule has 2 aromatic rings. The first-order valence-corrected chi connectivity index (χ1v) is 9.29. The molecular formula is C17H20Cl2N2O2S. The molecule has 0 aliphatic carbocycles. The van der Waals surface area contributed by atoms with E-state index in [4.69, 9.17) is 27.9 Å². The molecule has 1 atom stereocenters. The van der Waals surface area contributed by atoms with Crippen molar-refractivity contribution in [2.24, 2.45) is 0 Å². The molecule has 0 amide bonds. The van der Waals surface area contributed by atoms with E-state index in [1.54, 1.807) is 30.3 Å². The Morgan fingerprint density at radius 3 is 2.54 bits per heavy atom. The summed E-state index contributed by atoms with van der Waals surface area (Å²) in [5.41, 5.74) is 1.61. The van der Waals surface area contributed by atoms with Gasteiger partial charge in [0.25, 0.3) is 0 Å². The van der Waals surface area contributed by atoms with Crippen molar-refractivity contribution in [1.82, 2.24) is 4.90 Å². The summed E-state index contributed by atoms with van der Waals surface area (Å²) in [6.45, 7) is 3.20. The molecule has 0 fully saturated rings. The molecule has 2 rings (SSSR count). The van der Waals surface area contributed by atoms with Gasteiger partial charge in [-0.2, -0.15) is 0 Å². The van der Waals surface area contributed by atoms with Crippen LogP contribution in [0.2, 0.25) is 10.0 Å². The van der Waals surface area contributed by atoms with Crippen molar-refractivity contribution in [2.45, 2.75) is 11.8 Å². The summed E-state index contributed by atoms with van der Waals surface area (Å²) in [7, 11) is 2.52. The van der Waals surface area contributed by atoms with E-state index >= 15 is 0 Å². The van der Waals surface area contributed by atoms with Gasteiger partial charge in [-0.15, -0.1) is 0 Å². The summed E-state index contributed by atoms with van der Waals surface area (Å²) in [6.07, 6.45) is 0. The standard InChI is InChI=1S/C17H20Cl2N2O2S/c1-12-4-6-14(11-16(12)19)24(22)20-13-5-7-15(18)17(10-13)23-9-8-21(2)3/h4-7,10-11,20H,8-9H2,1-3H3. The molecule has 0 aliphatic heterocycles. The monoisotopic (exact) mass is 386 g/mol. The smallest absolute Gasteiger partial charge is 0.150 e. The molecule has 0 aliphatic rings. The number of nitrogens with zero attached hydrogens (tertiary/aromatic N) is 1. The van der Waals surface area contributed by atoms with Gasteiger partial charge in [-0.25, -0.2) is 4.21 Å². The first-order chi connectivity index (χ1) is 11.4. The number of hydrogen-bond acceptors (Lipinski definition) is 3. The third-order valence-electron chi connectivity index (χ3n) is 3.30. The van der Waals surface area contributed by atoms with E-state index in [0.717, 1.165) is 12.1 Å². The highest BCUT2D eigenvalue weighted by Gasteiger charge is 2.09. The molecule has 0 radical (unpaired) electrons. The third kappa shape index (κ3) is 5.38. The van der Waals surface area contributed by atoms with Crippen LogP contribution in [-0.4, -0.2) is 36.4 Å². The van der Waals surface area contributed by atoms with Crippen molar-refractivity contribution in [3.63, 3.8) is 0 Å². The first kappa shape index (κ1) is 19.1. The van der Waals surface area contributed by atoms with E-state index in [1.807, 2.05) is 32.0 Å². The van der Waals surface area contributed by atoms with Gasteiger partial charge in [0.2, 0.25) is 0 Å². The van der Waals surface area contributed by atoms with Crippen LogP contribution in [0.25, 0.3) is 0 Å². The Labute approximate surface area is 155 Å². The largest absolute Gasteiger partial charge is 0.491 e. The lowest BCUT2D eigenvalue weighted by Crippen LogP contribution is -2.19. The Kier molecular flexibility index (Phi) is 6.92. The molecule has 0 saturated carbocycles. The lowest BCUT2D eigenvalue weighted by atomic mass is 10.2. The number of hydrogen-bond donors (Lipinski definition) is 1. The van der Waals surface area contributed by atoms with Gasteiger partial charge in [-0.3, -0.25) is 0 Å². The third-order valence-corrected chi connectivity index (χ3v) is 5.12. The zero-order valence-corrected chi connectivity index (χ0v) is 16.1. The molecule has 1 N–H and O–H groups in total. The Hall–Kier alpha value is -1.27. The van der Waals surface area contributed by atoms with Crippen molar-refractivity contribution < 1.29 is 8.95 Å². The minimum absolute atomic E-state index is 0.517. The maximum Gasteiger partial charge on any atom is 0.150 e. The minimum Gasteiger partial charge on any atom is -0.491 e. The number of aryl methyl sites for hydroxylation is 1. The van der Waals surface area contributed by atoms with Gasteiger partial charge in [0.15, 0.2) is 0 Å². The fourth-order valence-corrected chi connectivity index (χ4v) is 3.16. The van der Waals surface area contributed by atoms with Gasteiger partial charge in [0.1, 0.15) is 23.3 Å². The van der Waals surface area contributed by atoms with Crippen molar-refractivity contribution in [1.29, 1.82) is 0 Å². The van der Waals surface area contributed by atoms with E-state index in [2.05, 4.69) is 4.72 Å². The number of benzene rings is 2. The minimum atomic E-state index is -1.42. The van der Waals surface area contributed by atoms with Crippen LogP contribution < -0.4 is 9.46 Å². The maximum absolute atomic E-state index is 12.4. The summed E-state index contributed by atoms with van der Waals surface area (Å²) >= 11 is 12.2. The molecular weight excluding hydrogens is 367 g/mol. The molecule has 0 spiro atoms. The summed E-state index contributed by atoms with van der Waals surface area (Å²) in [4.78, 5) is 2.63. The van der Waals surface area contributed by atoms with Crippen LogP contribution in [-0.2, 0) is 11.0 Å². The molecule has 0 saturated heterocycles. The number of ether oxygens (including phenoxy) is 1. The predicted molar refractivity (Wildman–Crippen MR) is 102 cm³/mol. The van der Waals surface area contributed by atoms with Gasteiger partial charge in [-0.1, -0.05) is 29.3 Å². The van der Waals surface area contributed by atoms with Gasteiger partial charge >= 0.3 is 0 Å². The Morgan fingerprint density at radius 1 is 1.12 bits per heavy atom. The first-order valence-electron chi connectivity index (χ1n) is 7.38. The summed E-state index contributed by atoms with van der Waals surface area (Å²) in [5.74, 6) is 0.558. The number of nitrogens with one attached hydrogen (secondary N) is 1. The van der Waals surface area contributed by atoms with E-state index in [9.17, 15) is 4.21 Å². The Morgan fingerprint density at radius 2 is 1.88 bits per heavy atom. The lowest BCUT2D eigenvalue weighted by molar-refractivity contribution is 0.261. The summed E-state index contributed by atoms with van der Waals surface area (Å²) in [6, 6.07) is 10.5. The highest BCUT2D eigenvalue weighted by molar-refractivity contribution is 7.86. The molecule has 130 valence electrons. The Balaban J connectivity index is 2.08. The highest BCUT2D eigenvalue weighted by atomic mass is 35.5. The van der Waals surface area contributed by atoms with E-state index < -0.39 is 11.0 Å². The second-order valence-corrected chi connectivity index (χ2v) is 7.61. The van der Waals surface area contributed by atoms with Crippen LogP contribution in [0.3, 0.4) is 0 Å². The molecule has 0 bridgehead atoms. The van der Waals surface area contributed by atoms with E-state index in [-0.39, 0.29) is 0 Å². The summed E-state index contributed by atoms with van der Waals surface area (Å²) < 4.78 is 21.1. The van der Waals surface area contributed by atoms with Crippen molar-refractivity contribution >= 4 is 39.9 Å². The molecule has 4 nitrogen and oxygen atoms in total. The zero-order valence-electron chi connectivity index (χ0n) is 13.8. The van der Waals surface area contributed by atoms with Crippen LogP contribution in [0, 0.1) is 6.92 Å². The van der Waals surface area contributed by atoms with E-state index in [0.29, 0.717) is 33.0 Å². The van der Waals surface area contributed by atoms with Gasteiger partial charge in [0, 0.05) is 17.6 Å². The molecule has 24 heavy (non-hydrogen) atoms. The molecule has 0 aromatic heterocycles. The van der Waals surface area contributed by atoms with Crippen molar-refractivity contribution in [3.8, 4) is 5.75 Å². The van der Waals surface area contributed by atoms with Crippen molar-refractivity contribution in [3.05, 3.63) is 52.0 Å². The van der Waals surface area contributed by atoms with Gasteiger partial charge in [-0.05, 0) is 50.8 Å². The van der Waals surface area contributed by atoms with E-state index in [1.165, 1.54) is 0 Å². The van der Waals surface area contributed by atoms with Crippen molar-refractivity contribution in [2.75, 3.05) is 32.0 Å². The highest BCUT2D eigenvalue weighted by Crippen LogP contribution is 2.29. The average molecular weight is 387 g/mol. The molecule has 0 heterocycles. The number of rotatable bonds is 7. The molecule has 7 heteroatoms. The van der Waals surface area contributed by atoms with Crippen LogP contribution in [0.5, 0.6) is 5.75 Å². The second kappa shape index (κ2) is 8.72. The SMILES string of the molecule is Cc1ccc(S(=O)Nc2ccc(Cl)c(OCCN(C)C)c2)cc1Cl. The van der Waals surface area contributed by atoms with Gasteiger partial charge in [0.05, 0.1) is 15.6 Å². The topological polar surface area (TPSA) is 41.6 Å². The van der Waals surface area contributed by atoms with Gasteiger partial charge < -0.3 is 14.4 Å². The fraction of sp³-hybridized carbons (Fsp3) is 0.294. The molecule has 2 aromatic carbocycles. The number of likely N-dealkylation sites (N-methyl/N-ethyl adjacent to an activating group) is 1. The number of anilines is 1. The predicted octanol–water partition coefficient (Wildman–Crippen LogP) is 4.38. The fourth-order valence-electron chi connectivity index (χ4n) is 1.87. The average Bonchev–Trinajstić information content (AvgIpc) is 2.52.